The number of carbonyl (C=O) groups excluding carboxylic acids is 1. The number of nitrogens with zero attached hydrogens (tertiary/aromatic N) is 1. The topological polar surface area (TPSA) is 80.0 Å². The number of piperidine rings is 1. The number of carbonyl (C=O) groups is 1. The van der Waals surface area contributed by atoms with Crippen molar-refractivity contribution in [3.63, 3.8) is 0 Å². The fraction of sp³-hybridized carbons (Fsp3) is 0.625. The van der Waals surface area contributed by atoms with E-state index in [9.17, 15) is 4.79 Å². The van der Waals surface area contributed by atoms with Gasteiger partial charge in [-0.15, -0.1) is 0 Å². The van der Waals surface area contributed by atoms with E-state index in [4.69, 9.17) is 5.73 Å². The Hall–Kier alpha value is -1.62. The van der Waals surface area contributed by atoms with E-state index < -0.39 is 5.91 Å². The number of pyridine rings is 1. The zero-order valence-electron chi connectivity index (χ0n) is 12.8. The van der Waals surface area contributed by atoms with Crippen molar-refractivity contribution in [2.24, 2.45) is 5.73 Å². The van der Waals surface area contributed by atoms with Crippen LogP contribution in [0.5, 0.6) is 0 Å². The Bertz CT molecular complexity index is 566. The molecule has 5 nitrogen and oxygen atoms in total. The summed E-state index contributed by atoms with van der Waals surface area (Å²) in [5.41, 5.74) is 8.85. The van der Waals surface area contributed by atoms with E-state index in [0.717, 1.165) is 30.8 Å². The van der Waals surface area contributed by atoms with Gasteiger partial charge < -0.3 is 16.4 Å². The highest BCUT2D eigenvalue weighted by Crippen LogP contribution is 2.39. The maximum Gasteiger partial charge on any atom is 0.252 e. The van der Waals surface area contributed by atoms with Gasteiger partial charge in [-0.3, -0.25) is 9.78 Å². The number of hydrogen-bond acceptors (Lipinski definition) is 4. The highest BCUT2D eigenvalue weighted by molar-refractivity contribution is 5.99. The van der Waals surface area contributed by atoms with Gasteiger partial charge in [0.2, 0.25) is 0 Å². The van der Waals surface area contributed by atoms with E-state index in [1.165, 1.54) is 19.3 Å². The Kier molecular flexibility index (Phi) is 3.61. The summed E-state index contributed by atoms with van der Waals surface area (Å²) in [6, 6.07) is 2.33. The SMILES string of the molecule is Cc1cc(NC2CCNC3(CCC3)C2)c(C(N)=O)c(C)n1. The molecule has 1 spiro atoms. The molecule has 0 radical (unpaired) electrons. The zero-order chi connectivity index (χ0) is 15.0. The van der Waals surface area contributed by atoms with Crippen LogP contribution in [0.15, 0.2) is 6.07 Å². The van der Waals surface area contributed by atoms with Gasteiger partial charge >= 0.3 is 0 Å². The smallest absolute Gasteiger partial charge is 0.252 e. The summed E-state index contributed by atoms with van der Waals surface area (Å²) in [5, 5.41) is 7.22. The van der Waals surface area contributed by atoms with E-state index >= 15 is 0 Å². The number of primary amides is 1. The van der Waals surface area contributed by atoms with Crippen LogP contribution in [0.3, 0.4) is 0 Å². The summed E-state index contributed by atoms with van der Waals surface area (Å²) in [6.07, 6.45) is 6.04. The van der Waals surface area contributed by atoms with Gasteiger partial charge in [0.15, 0.2) is 0 Å². The normalized spacial score (nSPS) is 23.6. The summed E-state index contributed by atoms with van der Waals surface area (Å²) < 4.78 is 0. The molecule has 0 aromatic carbocycles. The molecule has 5 heteroatoms. The minimum Gasteiger partial charge on any atom is -0.381 e. The van der Waals surface area contributed by atoms with Crippen molar-refractivity contribution in [1.29, 1.82) is 0 Å². The fourth-order valence-electron chi connectivity index (χ4n) is 3.74. The number of amides is 1. The fourth-order valence-corrected chi connectivity index (χ4v) is 3.74. The summed E-state index contributed by atoms with van der Waals surface area (Å²) in [7, 11) is 0. The number of aryl methyl sites for hydroxylation is 2. The predicted molar refractivity (Wildman–Crippen MR) is 83.5 cm³/mol. The third-order valence-electron chi connectivity index (χ3n) is 4.88. The molecule has 114 valence electrons. The van der Waals surface area contributed by atoms with E-state index in [1.54, 1.807) is 0 Å². The Balaban J connectivity index is 1.82. The van der Waals surface area contributed by atoms with Gasteiger partial charge in [-0.2, -0.15) is 0 Å². The first-order chi connectivity index (χ1) is 9.99. The van der Waals surface area contributed by atoms with Gasteiger partial charge in [0, 0.05) is 17.3 Å². The van der Waals surface area contributed by atoms with E-state index in [2.05, 4.69) is 15.6 Å². The first-order valence-corrected chi connectivity index (χ1v) is 7.79. The molecule has 4 N–H and O–H groups in total. The molecule has 1 saturated carbocycles. The molecule has 2 fully saturated rings. The quantitative estimate of drug-likeness (QED) is 0.793. The maximum atomic E-state index is 11.7. The summed E-state index contributed by atoms with van der Waals surface area (Å²) >= 11 is 0. The molecule has 1 aliphatic heterocycles. The minimum atomic E-state index is -0.408. The average Bonchev–Trinajstić information content (AvgIpc) is 2.35. The van der Waals surface area contributed by atoms with Crippen molar-refractivity contribution in [3.8, 4) is 0 Å². The van der Waals surface area contributed by atoms with Gasteiger partial charge in [0.25, 0.3) is 5.91 Å². The predicted octanol–water partition coefficient (Wildman–Crippen LogP) is 1.88. The van der Waals surface area contributed by atoms with Crippen molar-refractivity contribution >= 4 is 11.6 Å². The van der Waals surface area contributed by atoms with Crippen LogP contribution in [0.1, 0.15) is 53.8 Å². The van der Waals surface area contributed by atoms with Crippen LogP contribution < -0.4 is 16.4 Å². The molecule has 3 rings (SSSR count). The Labute approximate surface area is 125 Å². The van der Waals surface area contributed by atoms with Gasteiger partial charge in [0.05, 0.1) is 16.9 Å². The third-order valence-corrected chi connectivity index (χ3v) is 4.88. The number of aromatic nitrogens is 1. The van der Waals surface area contributed by atoms with Gasteiger partial charge in [-0.25, -0.2) is 0 Å². The summed E-state index contributed by atoms with van der Waals surface area (Å²) in [4.78, 5) is 16.1. The van der Waals surface area contributed by atoms with E-state index in [0.29, 0.717) is 22.8 Å². The lowest BCUT2D eigenvalue weighted by atomic mass is 9.70. The van der Waals surface area contributed by atoms with Crippen molar-refractivity contribution in [2.45, 2.75) is 57.5 Å². The largest absolute Gasteiger partial charge is 0.381 e. The highest BCUT2D eigenvalue weighted by Gasteiger charge is 2.41. The van der Waals surface area contributed by atoms with Gasteiger partial charge in [-0.1, -0.05) is 0 Å². The van der Waals surface area contributed by atoms with Crippen LogP contribution in [-0.4, -0.2) is 29.0 Å². The Morgan fingerprint density at radius 2 is 2.24 bits per heavy atom. The lowest BCUT2D eigenvalue weighted by Crippen LogP contribution is -2.58. The van der Waals surface area contributed by atoms with Crippen molar-refractivity contribution in [1.82, 2.24) is 10.3 Å². The van der Waals surface area contributed by atoms with Crippen molar-refractivity contribution < 1.29 is 4.79 Å². The highest BCUT2D eigenvalue weighted by atomic mass is 16.1. The molecular formula is C16H24N4O. The average molecular weight is 288 g/mol. The summed E-state index contributed by atoms with van der Waals surface area (Å²) in [6.45, 7) is 4.82. The molecule has 1 aromatic rings. The van der Waals surface area contributed by atoms with Crippen molar-refractivity contribution in [2.75, 3.05) is 11.9 Å². The molecular weight excluding hydrogens is 264 g/mol. The number of rotatable bonds is 3. The minimum absolute atomic E-state index is 0.333. The van der Waals surface area contributed by atoms with E-state index in [1.807, 2.05) is 19.9 Å². The lowest BCUT2D eigenvalue weighted by Gasteiger charge is -2.48. The molecule has 1 atom stereocenters. The van der Waals surface area contributed by atoms with E-state index in [-0.39, 0.29) is 0 Å². The molecule has 0 bridgehead atoms. The second-order valence-corrected chi connectivity index (χ2v) is 6.53. The molecule has 21 heavy (non-hydrogen) atoms. The first-order valence-electron chi connectivity index (χ1n) is 7.79. The Morgan fingerprint density at radius 3 is 2.86 bits per heavy atom. The number of hydrogen-bond donors (Lipinski definition) is 3. The maximum absolute atomic E-state index is 11.7. The summed E-state index contributed by atoms with van der Waals surface area (Å²) in [5.74, 6) is -0.408. The second-order valence-electron chi connectivity index (χ2n) is 6.53. The van der Waals surface area contributed by atoms with Crippen LogP contribution in [0.4, 0.5) is 5.69 Å². The van der Waals surface area contributed by atoms with Crippen molar-refractivity contribution in [3.05, 3.63) is 23.0 Å². The first kappa shape index (κ1) is 14.3. The van der Waals surface area contributed by atoms with Crippen LogP contribution in [0.2, 0.25) is 0 Å². The van der Waals surface area contributed by atoms with Gasteiger partial charge in [0.1, 0.15) is 0 Å². The zero-order valence-corrected chi connectivity index (χ0v) is 12.8. The molecule has 1 unspecified atom stereocenters. The Morgan fingerprint density at radius 1 is 1.48 bits per heavy atom. The number of nitrogens with two attached hydrogens (primary N) is 1. The standard InChI is InChI=1S/C16H24N4O/c1-10-8-13(14(15(17)21)11(2)19-10)20-12-4-7-18-16(9-12)5-3-6-16/h8,12,18H,3-7,9H2,1-2H3,(H2,17,21)(H,19,20). The number of nitrogens with one attached hydrogen (secondary N) is 2. The van der Waals surface area contributed by atoms with Crippen LogP contribution in [0, 0.1) is 13.8 Å². The molecule has 1 aliphatic carbocycles. The van der Waals surface area contributed by atoms with Crippen LogP contribution in [0.25, 0.3) is 0 Å². The molecule has 1 amide bonds. The molecule has 1 saturated heterocycles. The van der Waals surface area contributed by atoms with Gasteiger partial charge in [-0.05, 0) is 58.6 Å². The lowest BCUT2D eigenvalue weighted by molar-refractivity contribution is 0.1000. The molecule has 1 aromatic heterocycles. The second kappa shape index (κ2) is 5.30. The third kappa shape index (κ3) is 2.75. The van der Waals surface area contributed by atoms with Crippen LogP contribution >= 0.6 is 0 Å². The van der Waals surface area contributed by atoms with Crippen LogP contribution in [-0.2, 0) is 0 Å². The molecule has 2 aliphatic rings. The monoisotopic (exact) mass is 288 g/mol. The molecule has 2 heterocycles. The number of anilines is 1.